The van der Waals surface area contributed by atoms with Crippen molar-refractivity contribution in [2.24, 2.45) is 17.6 Å². The summed E-state index contributed by atoms with van der Waals surface area (Å²) in [4.78, 5) is 0. The van der Waals surface area contributed by atoms with E-state index in [-0.39, 0.29) is 5.54 Å². The average molecular weight is 169 g/mol. The minimum atomic E-state index is -0.0325. The molecule has 1 heteroatoms. The SMILES string of the molecule is CC=CC(C)C(C)CC(C)(C)N. The summed E-state index contributed by atoms with van der Waals surface area (Å²) < 4.78 is 0. The predicted molar refractivity (Wildman–Crippen MR) is 56.0 cm³/mol. The van der Waals surface area contributed by atoms with Crippen molar-refractivity contribution in [2.45, 2.75) is 46.6 Å². The van der Waals surface area contributed by atoms with Crippen molar-refractivity contribution >= 4 is 0 Å². The quantitative estimate of drug-likeness (QED) is 0.643. The average Bonchev–Trinajstić information content (AvgIpc) is 1.84. The smallest absolute Gasteiger partial charge is 0.00998 e. The first-order valence-corrected chi connectivity index (χ1v) is 4.78. The maximum Gasteiger partial charge on any atom is 0.00998 e. The lowest BCUT2D eigenvalue weighted by atomic mass is 9.84. The maximum atomic E-state index is 5.95. The Bertz CT molecular complexity index is 142. The van der Waals surface area contributed by atoms with E-state index < -0.39 is 0 Å². The van der Waals surface area contributed by atoms with Crippen LogP contribution in [0, 0.1) is 11.8 Å². The fraction of sp³-hybridized carbons (Fsp3) is 0.818. The molecule has 1 nitrogen and oxygen atoms in total. The molecule has 0 aliphatic heterocycles. The topological polar surface area (TPSA) is 26.0 Å². The van der Waals surface area contributed by atoms with Gasteiger partial charge in [-0.1, -0.05) is 26.0 Å². The zero-order valence-corrected chi connectivity index (χ0v) is 9.09. The van der Waals surface area contributed by atoms with Crippen LogP contribution in [0.5, 0.6) is 0 Å². The second-order valence-corrected chi connectivity index (χ2v) is 4.55. The molecule has 0 amide bonds. The second kappa shape index (κ2) is 4.66. The van der Waals surface area contributed by atoms with Gasteiger partial charge in [0.25, 0.3) is 0 Å². The number of nitrogens with two attached hydrogens (primary N) is 1. The van der Waals surface area contributed by atoms with E-state index in [4.69, 9.17) is 5.73 Å². The van der Waals surface area contributed by atoms with Crippen molar-refractivity contribution in [1.29, 1.82) is 0 Å². The van der Waals surface area contributed by atoms with Gasteiger partial charge in [-0.05, 0) is 39.0 Å². The predicted octanol–water partition coefficient (Wildman–Crippen LogP) is 2.96. The van der Waals surface area contributed by atoms with Gasteiger partial charge in [0.1, 0.15) is 0 Å². The molecule has 0 saturated heterocycles. The molecule has 72 valence electrons. The van der Waals surface area contributed by atoms with E-state index in [1.165, 1.54) is 0 Å². The highest BCUT2D eigenvalue weighted by molar-refractivity contribution is 4.88. The van der Waals surface area contributed by atoms with E-state index in [0.29, 0.717) is 11.8 Å². The fourth-order valence-corrected chi connectivity index (χ4v) is 1.51. The van der Waals surface area contributed by atoms with Crippen molar-refractivity contribution in [1.82, 2.24) is 0 Å². The van der Waals surface area contributed by atoms with Gasteiger partial charge in [-0.3, -0.25) is 0 Å². The van der Waals surface area contributed by atoms with Gasteiger partial charge in [-0.25, -0.2) is 0 Å². The molecule has 0 rings (SSSR count). The van der Waals surface area contributed by atoms with Crippen molar-refractivity contribution in [2.75, 3.05) is 0 Å². The second-order valence-electron chi connectivity index (χ2n) is 4.55. The standard InChI is InChI=1S/C11H23N/c1-6-7-9(2)10(3)8-11(4,5)12/h6-7,9-10H,8,12H2,1-5H3. The molecular formula is C11H23N. The van der Waals surface area contributed by atoms with E-state index in [1.54, 1.807) is 0 Å². The van der Waals surface area contributed by atoms with Gasteiger partial charge < -0.3 is 5.73 Å². The van der Waals surface area contributed by atoms with Crippen molar-refractivity contribution < 1.29 is 0 Å². The summed E-state index contributed by atoms with van der Waals surface area (Å²) in [5.41, 5.74) is 5.91. The molecule has 2 N–H and O–H groups in total. The Labute approximate surface area is 77.0 Å². The molecule has 0 aliphatic rings. The lowest BCUT2D eigenvalue weighted by molar-refractivity contribution is 0.331. The molecule has 0 aromatic heterocycles. The molecule has 0 fully saturated rings. The van der Waals surface area contributed by atoms with Crippen LogP contribution in [0.2, 0.25) is 0 Å². The summed E-state index contributed by atoms with van der Waals surface area (Å²) in [6.07, 6.45) is 5.44. The van der Waals surface area contributed by atoms with Crippen LogP contribution in [0.4, 0.5) is 0 Å². The Hall–Kier alpha value is -0.300. The largest absolute Gasteiger partial charge is 0.326 e. The third-order valence-electron chi connectivity index (χ3n) is 2.24. The van der Waals surface area contributed by atoms with Crippen LogP contribution in [-0.2, 0) is 0 Å². The maximum absolute atomic E-state index is 5.95. The Morgan fingerprint density at radius 3 is 2.17 bits per heavy atom. The Morgan fingerprint density at radius 1 is 1.33 bits per heavy atom. The van der Waals surface area contributed by atoms with Gasteiger partial charge >= 0.3 is 0 Å². The lowest BCUT2D eigenvalue weighted by Gasteiger charge is -2.26. The first-order valence-electron chi connectivity index (χ1n) is 4.78. The minimum absolute atomic E-state index is 0.0325. The van der Waals surface area contributed by atoms with E-state index in [2.05, 4.69) is 46.8 Å². The van der Waals surface area contributed by atoms with Gasteiger partial charge in [0.2, 0.25) is 0 Å². The van der Waals surface area contributed by atoms with E-state index in [9.17, 15) is 0 Å². The molecule has 0 bridgehead atoms. The molecule has 0 heterocycles. The van der Waals surface area contributed by atoms with Gasteiger partial charge in [-0.15, -0.1) is 0 Å². The summed E-state index contributed by atoms with van der Waals surface area (Å²) >= 11 is 0. The fourth-order valence-electron chi connectivity index (χ4n) is 1.51. The first kappa shape index (κ1) is 11.7. The van der Waals surface area contributed by atoms with Crippen LogP contribution in [0.15, 0.2) is 12.2 Å². The highest BCUT2D eigenvalue weighted by Crippen LogP contribution is 2.21. The van der Waals surface area contributed by atoms with Gasteiger partial charge in [0.15, 0.2) is 0 Å². The molecular weight excluding hydrogens is 146 g/mol. The molecule has 12 heavy (non-hydrogen) atoms. The summed E-state index contributed by atoms with van der Waals surface area (Å²) in [7, 11) is 0. The highest BCUT2D eigenvalue weighted by atomic mass is 14.7. The molecule has 0 radical (unpaired) electrons. The van der Waals surface area contributed by atoms with Crippen LogP contribution >= 0.6 is 0 Å². The molecule has 0 aromatic rings. The van der Waals surface area contributed by atoms with Crippen LogP contribution in [0.1, 0.15) is 41.0 Å². The van der Waals surface area contributed by atoms with E-state index in [0.717, 1.165) is 6.42 Å². The summed E-state index contributed by atoms with van der Waals surface area (Å²) in [6.45, 7) is 10.8. The van der Waals surface area contributed by atoms with Crippen LogP contribution in [0.25, 0.3) is 0 Å². The van der Waals surface area contributed by atoms with Crippen LogP contribution in [-0.4, -0.2) is 5.54 Å². The third kappa shape index (κ3) is 5.36. The number of rotatable bonds is 4. The minimum Gasteiger partial charge on any atom is -0.326 e. The Kier molecular flexibility index (Phi) is 4.54. The van der Waals surface area contributed by atoms with E-state index in [1.807, 2.05) is 0 Å². The summed E-state index contributed by atoms with van der Waals surface area (Å²) in [6, 6.07) is 0. The third-order valence-corrected chi connectivity index (χ3v) is 2.24. The molecule has 0 spiro atoms. The van der Waals surface area contributed by atoms with Crippen molar-refractivity contribution in [3.63, 3.8) is 0 Å². The molecule has 0 aromatic carbocycles. The number of hydrogen-bond acceptors (Lipinski definition) is 1. The monoisotopic (exact) mass is 169 g/mol. The molecule has 0 aliphatic carbocycles. The van der Waals surface area contributed by atoms with Crippen molar-refractivity contribution in [3.8, 4) is 0 Å². The summed E-state index contributed by atoms with van der Waals surface area (Å²) in [5, 5.41) is 0. The lowest BCUT2D eigenvalue weighted by Crippen LogP contribution is -2.35. The van der Waals surface area contributed by atoms with Crippen LogP contribution in [0.3, 0.4) is 0 Å². The van der Waals surface area contributed by atoms with Gasteiger partial charge in [-0.2, -0.15) is 0 Å². The van der Waals surface area contributed by atoms with Crippen molar-refractivity contribution in [3.05, 3.63) is 12.2 Å². The Morgan fingerprint density at radius 2 is 1.83 bits per heavy atom. The van der Waals surface area contributed by atoms with Gasteiger partial charge in [0.05, 0.1) is 0 Å². The molecule has 0 saturated carbocycles. The molecule has 2 unspecified atom stereocenters. The summed E-state index contributed by atoms with van der Waals surface area (Å²) in [5.74, 6) is 1.30. The normalized spacial score (nSPS) is 18.2. The number of allylic oxidation sites excluding steroid dienone is 2. The number of hydrogen-bond donors (Lipinski definition) is 1. The van der Waals surface area contributed by atoms with Gasteiger partial charge in [0, 0.05) is 5.54 Å². The zero-order chi connectivity index (χ0) is 9.78. The highest BCUT2D eigenvalue weighted by Gasteiger charge is 2.18. The zero-order valence-electron chi connectivity index (χ0n) is 9.09. The van der Waals surface area contributed by atoms with E-state index >= 15 is 0 Å². The first-order chi connectivity index (χ1) is 5.37. The molecule has 2 atom stereocenters. The Balaban J connectivity index is 3.95. The van der Waals surface area contributed by atoms with Crippen LogP contribution < -0.4 is 5.73 Å².